The first kappa shape index (κ1) is 12.9. The van der Waals surface area contributed by atoms with Gasteiger partial charge in [0.2, 0.25) is 0 Å². The molecule has 0 aliphatic rings. The second-order valence-corrected chi connectivity index (χ2v) is 3.82. The molecule has 4 nitrogen and oxygen atoms in total. The standard InChI is InChI=1S/C11H17N3OS/c1-3-15-7-6-14(2)9-4-5-13-10(8-9)11(12)16/h4-5,8H,3,6-7H2,1-2H3,(H2,12,16). The zero-order valence-electron chi connectivity index (χ0n) is 9.64. The maximum Gasteiger partial charge on any atom is 0.122 e. The predicted molar refractivity (Wildman–Crippen MR) is 69.9 cm³/mol. The van der Waals surface area contributed by atoms with Gasteiger partial charge in [-0.2, -0.15) is 0 Å². The number of hydrogen-bond acceptors (Lipinski definition) is 4. The molecular weight excluding hydrogens is 222 g/mol. The first-order chi connectivity index (χ1) is 7.65. The number of aromatic nitrogens is 1. The molecule has 0 spiro atoms. The van der Waals surface area contributed by atoms with E-state index in [1.54, 1.807) is 6.20 Å². The van der Waals surface area contributed by atoms with E-state index in [1.807, 2.05) is 26.1 Å². The van der Waals surface area contributed by atoms with Crippen molar-refractivity contribution in [3.63, 3.8) is 0 Å². The van der Waals surface area contributed by atoms with Gasteiger partial charge >= 0.3 is 0 Å². The molecule has 88 valence electrons. The number of ether oxygens (including phenoxy) is 1. The topological polar surface area (TPSA) is 51.4 Å². The molecule has 5 heteroatoms. The summed E-state index contributed by atoms with van der Waals surface area (Å²) in [7, 11) is 2.00. The van der Waals surface area contributed by atoms with Gasteiger partial charge < -0.3 is 15.4 Å². The Kier molecular flexibility index (Phi) is 5.14. The Hall–Kier alpha value is -1.20. The van der Waals surface area contributed by atoms with Crippen molar-refractivity contribution in [3.05, 3.63) is 24.0 Å². The van der Waals surface area contributed by atoms with Crippen molar-refractivity contribution in [2.24, 2.45) is 5.73 Å². The molecule has 1 rings (SSSR count). The van der Waals surface area contributed by atoms with Crippen LogP contribution in [0.25, 0.3) is 0 Å². The second-order valence-electron chi connectivity index (χ2n) is 3.38. The molecule has 0 aliphatic heterocycles. The largest absolute Gasteiger partial charge is 0.388 e. The predicted octanol–water partition coefficient (Wildman–Crippen LogP) is 1.19. The summed E-state index contributed by atoms with van der Waals surface area (Å²) in [6.45, 7) is 4.26. The molecule has 0 radical (unpaired) electrons. The number of hydrogen-bond donors (Lipinski definition) is 1. The minimum absolute atomic E-state index is 0.319. The monoisotopic (exact) mass is 239 g/mol. The molecule has 0 unspecified atom stereocenters. The van der Waals surface area contributed by atoms with Crippen molar-refractivity contribution < 1.29 is 4.74 Å². The van der Waals surface area contributed by atoms with Gasteiger partial charge in [-0.25, -0.2) is 0 Å². The first-order valence-corrected chi connectivity index (χ1v) is 5.60. The maximum absolute atomic E-state index is 5.53. The highest BCUT2D eigenvalue weighted by Gasteiger charge is 2.04. The lowest BCUT2D eigenvalue weighted by Gasteiger charge is -2.19. The number of thiocarbonyl (C=S) groups is 1. The minimum Gasteiger partial charge on any atom is -0.388 e. The summed E-state index contributed by atoms with van der Waals surface area (Å²) in [5, 5.41) is 0. The van der Waals surface area contributed by atoms with Crippen LogP contribution in [0.5, 0.6) is 0 Å². The summed E-state index contributed by atoms with van der Waals surface area (Å²) in [6.07, 6.45) is 1.71. The summed E-state index contributed by atoms with van der Waals surface area (Å²) >= 11 is 4.89. The molecule has 2 N–H and O–H groups in total. The average Bonchev–Trinajstić information content (AvgIpc) is 2.29. The summed E-state index contributed by atoms with van der Waals surface area (Å²) in [6, 6.07) is 3.81. The van der Waals surface area contributed by atoms with Crippen molar-refractivity contribution in [3.8, 4) is 0 Å². The van der Waals surface area contributed by atoms with Crippen LogP contribution in [0.1, 0.15) is 12.6 Å². The molecule has 0 aromatic carbocycles. The van der Waals surface area contributed by atoms with Crippen molar-refractivity contribution in [2.45, 2.75) is 6.92 Å². The molecule has 1 aromatic heterocycles. The highest BCUT2D eigenvalue weighted by Crippen LogP contribution is 2.12. The van der Waals surface area contributed by atoms with E-state index in [9.17, 15) is 0 Å². The van der Waals surface area contributed by atoms with Gasteiger partial charge in [0.15, 0.2) is 0 Å². The quantitative estimate of drug-likeness (QED) is 0.597. The third kappa shape index (κ3) is 3.75. The van der Waals surface area contributed by atoms with Crippen LogP contribution < -0.4 is 10.6 Å². The van der Waals surface area contributed by atoms with Gasteiger partial charge in [0.1, 0.15) is 4.99 Å². The Morgan fingerprint density at radius 1 is 1.62 bits per heavy atom. The van der Waals surface area contributed by atoms with Crippen LogP contribution in [0.15, 0.2) is 18.3 Å². The lowest BCUT2D eigenvalue weighted by Crippen LogP contribution is -2.23. The maximum atomic E-state index is 5.53. The fourth-order valence-corrected chi connectivity index (χ4v) is 1.38. The van der Waals surface area contributed by atoms with Crippen LogP contribution in [0.3, 0.4) is 0 Å². The Morgan fingerprint density at radius 2 is 2.38 bits per heavy atom. The molecule has 0 atom stereocenters. The van der Waals surface area contributed by atoms with Crippen molar-refractivity contribution in [1.29, 1.82) is 0 Å². The fourth-order valence-electron chi connectivity index (χ4n) is 1.27. The van der Waals surface area contributed by atoms with E-state index in [2.05, 4.69) is 9.88 Å². The molecule has 0 aliphatic carbocycles. The zero-order valence-corrected chi connectivity index (χ0v) is 10.5. The zero-order chi connectivity index (χ0) is 12.0. The van der Waals surface area contributed by atoms with Crippen LogP contribution in [0.2, 0.25) is 0 Å². The van der Waals surface area contributed by atoms with E-state index in [0.717, 1.165) is 18.8 Å². The minimum atomic E-state index is 0.319. The van der Waals surface area contributed by atoms with E-state index in [1.165, 1.54) is 0 Å². The third-order valence-corrected chi connectivity index (χ3v) is 2.42. The second kappa shape index (κ2) is 6.40. The molecule has 16 heavy (non-hydrogen) atoms. The van der Waals surface area contributed by atoms with Crippen LogP contribution in [-0.2, 0) is 4.74 Å². The normalized spacial score (nSPS) is 10.1. The third-order valence-electron chi connectivity index (χ3n) is 2.21. The average molecular weight is 239 g/mol. The fraction of sp³-hybridized carbons (Fsp3) is 0.455. The Bertz CT molecular complexity index is 357. The molecule has 0 bridgehead atoms. The van der Waals surface area contributed by atoms with Crippen LogP contribution in [-0.4, -0.2) is 36.8 Å². The van der Waals surface area contributed by atoms with Crippen molar-refractivity contribution in [1.82, 2.24) is 4.98 Å². The van der Waals surface area contributed by atoms with Crippen molar-refractivity contribution >= 4 is 22.9 Å². The molecule has 0 fully saturated rings. The van der Waals surface area contributed by atoms with Gasteiger partial charge in [-0.1, -0.05) is 12.2 Å². The smallest absolute Gasteiger partial charge is 0.122 e. The van der Waals surface area contributed by atoms with Gasteiger partial charge in [0.25, 0.3) is 0 Å². The van der Waals surface area contributed by atoms with Crippen LogP contribution in [0, 0.1) is 0 Å². The van der Waals surface area contributed by atoms with Crippen molar-refractivity contribution in [2.75, 3.05) is 31.7 Å². The lowest BCUT2D eigenvalue weighted by molar-refractivity contribution is 0.154. The summed E-state index contributed by atoms with van der Waals surface area (Å²) in [4.78, 5) is 6.50. The van der Waals surface area contributed by atoms with Gasteiger partial charge in [-0.05, 0) is 19.1 Å². The Balaban J connectivity index is 2.64. The summed E-state index contributed by atoms with van der Waals surface area (Å²) < 4.78 is 5.30. The van der Waals surface area contributed by atoms with Gasteiger partial charge in [0.05, 0.1) is 12.3 Å². The Labute approximate surface area is 101 Å². The number of rotatable bonds is 6. The number of nitrogens with zero attached hydrogens (tertiary/aromatic N) is 2. The van der Waals surface area contributed by atoms with Gasteiger partial charge in [-0.15, -0.1) is 0 Å². The number of likely N-dealkylation sites (N-methyl/N-ethyl adjacent to an activating group) is 1. The number of nitrogens with two attached hydrogens (primary N) is 1. The SMILES string of the molecule is CCOCCN(C)c1ccnc(C(N)=S)c1. The highest BCUT2D eigenvalue weighted by molar-refractivity contribution is 7.80. The molecule has 0 saturated carbocycles. The van der Waals surface area contributed by atoms with E-state index in [0.29, 0.717) is 17.3 Å². The first-order valence-electron chi connectivity index (χ1n) is 5.20. The molecular formula is C11H17N3OS. The van der Waals surface area contributed by atoms with Crippen LogP contribution >= 0.6 is 12.2 Å². The Morgan fingerprint density at radius 3 is 3.00 bits per heavy atom. The molecule has 1 aromatic rings. The van der Waals surface area contributed by atoms with Gasteiger partial charge in [0, 0.05) is 32.1 Å². The van der Waals surface area contributed by atoms with Crippen LogP contribution in [0.4, 0.5) is 5.69 Å². The molecule has 0 amide bonds. The van der Waals surface area contributed by atoms with E-state index in [4.69, 9.17) is 22.7 Å². The lowest BCUT2D eigenvalue weighted by atomic mass is 10.3. The summed E-state index contributed by atoms with van der Waals surface area (Å²) in [5.41, 5.74) is 7.22. The highest BCUT2D eigenvalue weighted by atomic mass is 32.1. The molecule has 0 saturated heterocycles. The van der Waals surface area contributed by atoms with Gasteiger partial charge in [-0.3, -0.25) is 4.98 Å². The molecule has 1 heterocycles. The van der Waals surface area contributed by atoms with E-state index < -0.39 is 0 Å². The number of anilines is 1. The van der Waals surface area contributed by atoms with E-state index >= 15 is 0 Å². The number of pyridine rings is 1. The summed E-state index contributed by atoms with van der Waals surface area (Å²) in [5.74, 6) is 0. The van der Waals surface area contributed by atoms with E-state index in [-0.39, 0.29) is 0 Å².